The van der Waals surface area contributed by atoms with E-state index in [1.54, 1.807) is 48.3 Å². The van der Waals surface area contributed by atoms with Crippen LogP contribution >= 0.6 is 11.6 Å². The number of ether oxygens (including phenoxy) is 2. The van der Waals surface area contributed by atoms with E-state index >= 15 is 0 Å². The van der Waals surface area contributed by atoms with Gasteiger partial charge in [-0.2, -0.15) is 5.26 Å². The van der Waals surface area contributed by atoms with Crippen molar-refractivity contribution in [2.45, 2.75) is 45.6 Å². The molecular formula is C37H39ClN4O6. The van der Waals surface area contributed by atoms with Crippen LogP contribution in [0.4, 0.5) is 0 Å². The standard InChI is InChI=1S/C37H39ClN4O6/c1-36(2)29(26-9-6-5-7-10-26)11-8-12-37(36,35(46)41(3)4)23-48-33-16-32(47-22-25-13-24(17-39)18-40-19-25)27(14-30(33)38)20-42-21-28(43)15-31(42)34(44)45/h5-14,16,18-19,28,31,43H,15,20-23H2,1-4H3,(H,44,45)/t28-,31-,37?/m0/s1. The Morgan fingerprint density at radius 2 is 1.88 bits per heavy atom. The number of rotatable bonds is 11. The topological polar surface area (TPSA) is 136 Å². The number of nitriles is 1. The fraction of sp³-hybridized carbons (Fsp3) is 0.351. The van der Waals surface area contributed by atoms with E-state index in [9.17, 15) is 25.1 Å². The maximum Gasteiger partial charge on any atom is 0.321 e. The molecule has 48 heavy (non-hydrogen) atoms. The molecule has 2 N–H and O–H groups in total. The second-order valence-corrected chi connectivity index (χ2v) is 13.3. The van der Waals surface area contributed by atoms with Crippen LogP contribution in [0.5, 0.6) is 11.5 Å². The van der Waals surface area contributed by atoms with E-state index in [0.29, 0.717) is 22.4 Å². The summed E-state index contributed by atoms with van der Waals surface area (Å²) in [4.78, 5) is 33.4. The second kappa shape index (κ2) is 14.2. The molecule has 0 radical (unpaired) electrons. The van der Waals surface area contributed by atoms with Gasteiger partial charge in [0.25, 0.3) is 0 Å². The molecule has 2 heterocycles. The van der Waals surface area contributed by atoms with Gasteiger partial charge >= 0.3 is 5.97 Å². The summed E-state index contributed by atoms with van der Waals surface area (Å²) in [7, 11) is 3.44. The lowest BCUT2D eigenvalue weighted by atomic mass is 9.58. The number of pyridine rings is 1. The Morgan fingerprint density at radius 3 is 2.56 bits per heavy atom. The number of aliphatic hydroxyl groups excluding tert-OH is 1. The number of allylic oxidation sites excluding steroid dienone is 3. The minimum absolute atomic E-state index is 0.0380. The molecule has 3 atom stereocenters. The van der Waals surface area contributed by atoms with Crippen LogP contribution < -0.4 is 9.47 Å². The van der Waals surface area contributed by atoms with Crippen molar-refractivity contribution in [1.82, 2.24) is 14.8 Å². The summed E-state index contributed by atoms with van der Waals surface area (Å²) < 4.78 is 12.7. The number of nitrogens with zero attached hydrogens (tertiary/aromatic N) is 4. The summed E-state index contributed by atoms with van der Waals surface area (Å²) in [6, 6.07) is 16.1. The second-order valence-electron chi connectivity index (χ2n) is 12.9. The highest BCUT2D eigenvalue weighted by atomic mass is 35.5. The quantitative estimate of drug-likeness (QED) is 0.277. The first-order valence-corrected chi connectivity index (χ1v) is 16.0. The van der Waals surface area contributed by atoms with Gasteiger partial charge in [-0.1, -0.05) is 74.0 Å². The predicted octanol–water partition coefficient (Wildman–Crippen LogP) is 5.34. The third-order valence-electron chi connectivity index (χ3n) is 9.23. The van der Waals surface area contributed by atoms with Crippen molar-refractivity contribution in [2.75, 3.05) is 27.2 Å². The van der Waals surface area contributed by atoms with Crippen LogP contribution in [-0.2, 0) is 22.7 Å². The molecule has 10 nitrogen and oxygen atoms in total. The Kier molecular flexibility index (Phi) is 10.2. The molecule has 11 heteroatoms. The smallest absolute Gasteiger partial charge is 0.321 e. The lowest BCUT2D eigenvalue weighted by Gasteiger charge is -2.47. The molecule has 1 aliphatic carbocycles. The highest BCUT2D eigenvalue weighted by Gasteiger charge is 2.54. The molecule has 1 fully saturated rings. The summed E-state index contributed by atoms with van der Waals surface area (Å²) in [5.41, 5.74) is 1.81. The van der Waals surface area contributed by atoms with Crippen molar-refractivity contribution in [3.05, 3.63) is 106 Å². The summed E-state index contributed by atoms with van der Waals surface area (Å²) in [5.74, 6) is -0.505. The average molecular weight is 671 g/mol. The van der Waals surface area contributed by atoms with Gasteiger partial charge in [0.1, 0.15) is 42.2 Å². The number of hydrogen-bond donors (Lipinski definition) is 2. The van der Waals surface area contributed by atoms with Crippen LogP contribution in [0.1, 0.15) is 42.5 Å². The molecule has 3 aromatic rings. The zero-order valence-electron chi connectivity index (χ0n) is 27.4. The number of β-amino-alcohol motifs (C(OH)–C–C–N with tert-alkyl or cyclic N) is 1. The van der Waals surface area contributed by atoms with Crippen molar-refractivity contribution in [3.8, 4) is 17.6 Å². The van der Waals surface area contributed by atoms with E-state index in [1.165, 1.54) is 6.20 Å². The molecule has 1 aromatic heterocycles. The van der Waals surface area contributed by atoms with Crippen LogP contribution in [0.25, 0.3) is 5.57 Å². The predicted molar refractivity (Wildman–Crippen MR) is 181 cm³/mol. The number of carbonyl (C=O) groups excluding carboxylic acids is 1. The van der Waals surface area contributed by atoms with Gasteiger partial charge in [-0.15, -0.1) is 0 Å². The number of carboxylic acids is 1. The number of halogens is 1. The molecule has 5 rings (SSSR count). The monoisotopic (exact) mass is 670 g/mol. The van der Waals surface area contributed by atoms with Crippen molar-refractivity contribution in [2.24, 2.45) is 10.8 Å². The first-order chi connectivity index (χ1) is 22.9. The molecular weight excluding hydrogens is 632 g/mol. The van der Waals surface area contributed by atoms with E-state index in [0.717, 1.165) is 11.1 Å². The fourth-order valence-corrected chi connectivity index (χ4v) is 6.76. The van der Waals surface area contributed by atoms with Gasteiger partial charge in [-0.05, 0) is 23.3 Å². The number of carbonyl (C=O) groups is 2. The number of likely N-dealkylation sites (tertiary alicyclic amines) is 1. The number of aliphatic hydroxyl groups is 1. The largest absolute Gasteiger partial charge is 0.490 e. The Bertz CT molecular complexity index is 1780. The van der Waals surface area contributed by atoms with Gasteiger partial charge in [0, 0.05) is 68.6 Å². The van der Waals surface area contributed by atoms with E-state index in [-0.39, 0.29) is 49.4 Å². The van der Waals surface area contributed by atoms with Gasteiger partial charge in [-0.3, -0.25) is 19.5 Å². The van der Waals surface area contributed by atoms with Crippen molar-refractivity contribution >= 4 is 29.1 Å². The normalized spacial score (nSPS) is 21.6. The Labute approximate surface area is 285 Å². The summed E-state index contributed by atoms with van der Waals surface area (Å²) in [6.45, 7) is 4.41. The fourth-order valence-electron chi connectivity index (χ4n) is 6.52. The minimum Gasteiger partial charge on any atom is -0.490 e. The SMILES string of the molecule is CN(C)C(=O)C1(COc2cc(OCc3cncc(C#N)c3)c(CN3C[C@@H](O)C[C@H]3C(=O)O)cc2Cl)C=CC=C(c2ccccc2)C1(C)C. The van der Waals surface area contributed by atoms with E-state index in [2.05, 4.69) is 11.1 Å². The molecule has 0 bridgehead atoms. The number of aromatic nitrogens is 1. The Hall–Kier alpha value is -4.69. The zero-order chi connectivity index (χ0) is 34.6. The summed E-state index contributed by atoms with van der Waals surface area (Å²) >= 11 is 6.84. The summed E-state index contributed by atoms with van der Waals surface area (Å²) in [5, 5.41) is 29.6. The third-order valence-corrected chi connectivity index (χ3v) is 9.53. The van der Waals surface area contributed by atoms with Crippen molar-refractivity contribution in [1.29, 1.82) is 5.26 Å². The Morgan fingerprint density at radius 1 is 1.12 bits per heavy atom. The van der Waals surface area contributed by atoms with Crippen LogP contribution in [0.3, 0.4) is 0 Å². The number of hydrogen-bond acceptors (Lipinski definition) is 8. The van der Waals surface area contributed by atoms with Gasteiger partial charge in [-0.25, -0.2) is 0 Å². The third kappa shape index (κ3) is 6.95. The molecule has 0 spiro atoms. The van der Waals surface area contributed by atoms with Gasteiger partial charge in [0.2, 0.25) is 5.91 Å². The van der Waals surface area contributed by atoms with Crippen LogP contribution in [0, 0.1) is 22.2 Å². The maximum atomic E-state index is 14.1. The molecule has 2 aliphatic rings. The van der Waals surface area contributed by atoms with Gasteiger partial charge in [0.15, 0.2) is 0 Å². The average Bonchev–Trinajstić information content (AvgIpc) is 3.44. The number of benzene rings is 2. The highest BCUT2D eigenvalue weighted by molar-refractivity contribution is 6.32. The van der Waals surface area contributed by atoms with E-state index < -0.39 is 28.9 Å². The van der Waals surface area contributed by atoms with Crippen molar-refractivity contribution < 1.29 is 29.3 Å². The molecule has 250 valence electrons. The van der Waals surface area contributed by atoms with E-state index in [1.807, 2.05) is 62.4 Å². The molecule has 1 saturated heterocycles. The molecule has 0 saturated carbocycles. The van der Waals surface area contributed by atoms with Crippen LogP contribution in [0.2, 0.25) is 5.02 Å². The lowest BCUT2D eigenvalue weighted by molar-refractivity contribution is -0.143. The maximum absolute atomic E-state index is 14.1. The molecule has 2 aromatic carbocycles. The van der Waals surface area contributed by atoms with Gasteiger partial charge < -0.3 is 24.6 Å². The number of amides is 1. The van der Waals surface area contributed by atoms with Crippen molar-refractivity contribution in [3.63, 3.8) is 0 Å². The van der Waals surface area contributed by atoms with Gasteiger partial charge in [0.05, 0.1) is 16.7 Å². The van der Waals surface area contributed by atoms with E-state index in [4.69, 9.17) is 21.1 Å². The first kappa shape index (κ1) is 34.6. The molecule has 1 aliphatic heterocycles. The minimum atomic E-state index is -1.11. The molecule has 1 unspecified atom stereocenters. The molecule has 1 amide bonds. The van der Waals surface area contributed by atoms with Crippen LogP contribution in [-0.4, -0.2) is 76.3 Å². The number of aliphatic carboxylic acids is 1. The highest BCUT2D eigenvalue weighted by Crippen LogP contribution is 2.53. The first-order valence-electron chi connectivity index (χ1n) is 15.6. The lowest BCUT2D eigenvalue weighted by Crippen LogP contribution is -2.53. The zero-order valence-corrected chi connectivity index (χ0v) is 28.1. The number of carboxylic acid groups (broad SMARTS) is 1. The van der Waals surface area contributed by atoms with Crippen LogP contribution in [0.15, 0.2) is 79.2 Å². The Balaban J connectivity index is 1.50. The summed E-state index contributed by atoms with van der Waals surface area (Å²) in [6.07, 6.45) is 8.19.